The van der Waals surface area contributed by atoms with Gasteiger partial charge in [-0.1, -0.05) is 30.9 Å². The summed E-state index contributed by atoms with van der Waals surface area (Å²) in [6, 6.07) is 1.42. The third-order valence-corrected chi connectivity index (χ3v) is 2.82. The molecule has 0 bridgehead atoms. The molecule has 0 atom stereocenters. The molecule has 1 aromatic rings. The Morgan fingerprint density at radius 1 is 1.35 bits per heavy atom. The van der Waals surface area contributed by atoms with Gasteiger partial charge in [-0.25, -0.2) is 4.79 Å². The normalized spacial score (nSPS) is 11.4. The molecule has 0 aliphatic rings. The fourth-order valence-electron chi connectivity index (χ4n) is 1.81. The molecule has 0 fully saturated rings. The molecule has 7 heteroatoms. The highest BCUT2D eigenvalue weighted by Crippen LogP contribution is 2.19. The quantitative estimate of drug-likeness (QED) is 0.474. The molecule has 0 saturated carbocycles. The minimum atomic E-state index is -1.14. The number of rotatable bonds is 9. The number of anilines is 1. The van der Waals surface area contributed by atoms with Crippen molar-refractivity contribution in [2.45, 2.75) is 19.8 Å². The molecule has 0 aromatic carbocycles. The number of hydrogen-bond donors (Lipinski definition) is 3. The highest BCUT2D eigenvalue weighted by atomic mass is 16.4. The molecule has 1 rings (SSSR count). The lowest BCUT2D eigenvalue weighted by molar-refractivity contribution is -0.137. The fraction of sp³-hybridized carbons (Fsp3) is 0.250. The first-order valence-electron chi connectivity index (χ1n) is 7.02. The average molecular weight is 317 g/mol. The Hall–Kier alpha value is -2.96. The lowest BCUT2D eigenvalue weighted by Gasteiger charge is -2.09. The van der Waals surface area contributed by atoms with Crippen LogP contribution in [0.2, 0.25) is 0 Å². The third-order valence-electron chi connectivity index (χ3n) is 2.82. The van der Waals surface area contributed by atoms with Crippen LogP contribution in [0.4, 0.5) is 5.82 Å². The molecular formula is C16H19N3O4. The van der Waals surface area contributed by atoms with E-state index in [2.05, 4.69) is 22.1 Å². The van der Waals surface area contributed by atoms with Crippen LogP contribution in [0.1, 0.15) is 35.8 Å². The Balaban J connectivity index is 3.02. The van der Waals surface area contributed by atoms with Crippen molar-refractivity contribution >= 4 is 23.3 Å². The Labute approximate surface area is 134 Å². The van der Waals surface area contributed by atoms with Crippen LogP contribution in [-0.4, -0.2) is 38.9 Å². The van der Waals surface area contributed by atoms with Crippen LogP contribution < -0.4 is 5.32 Å². The maximum absolute atomic E-state index is 11.4. The van der Waals surface area contributed by atoms with Gasteiger partial charge in [-0.2, -0.15) is 0 Å². The number of aromatic nitrogens is 2. The first kappa shape index (κ1) is 18.1. The number of aliphatic carboxylic acids is 1. The average Bonchev–Trinajstić information content (AvgIpc) is 2.51. The van der Waals surface area contributed by atoms with E-state index in [1.165, 1.54) is 6.07 Å². The first-order valence-corrected chi connectivity index (χ1v) is 7.02. The van der Waals surface area contributed by atoms with Gasteiger partial charge in [0.1, 0.15) is 5.56 Å². The Bertz CT molecular complexity index is 651. The second kappa shape index (κ2) is 9.14. The topological polar surface area (TPSA) is 112 Å². The number of aromatic carboxylic acids is 1. The second-order valence-corrected chi connectivity index (χ2v) is 4.58. The number of carbonyl (C=O) groups is 2. The van der Waals surface area contributed by atoms with Gasteiger partial charge < -0.3 is 15.5 Å². The van der Waals surface area contributed by atoms with Crippen LogP contribution in [0.25, 0.3) is 5.57 Å². The number of hydrogen-bond acceptors (Lipinski definition) is 5. The molecule has 0 spiro atoms. The molecule has 122 valence electrons. The van der Waals surface area contributed by atoms with Gasteiger partial charge in [0.25, 0.3) is 0 Å². The van der Waals surface area contributed by atoms with Gasteiger partial charge in [0.05, 0.1) is 5.69 Å². The molecule has 1 aromatic heterocycles. The zero-order valence-electron chi connectivity index (χ0n) is 12.8. The summed E-state index contributed by atoms with van der Waals surface area (Å²) in [6.45, 7) is 5.74. The highest BCUT2D eigenvalue weighted by molar-refractivity contribution is 5.94. The smallest absolute Gasteiger partial charge is 0.339 e. The van der Waals surface area contributed by atoms with Crippen molar-refractivity contribution < 1.29 is 19.8 Å². The zero-order valence-corrected chi connectivity index (χ0v) is 12.8. The van der Waals surface area contributed by atoms with E-state index in [1.54, 1.807) is 24.3 Å². The van der Waals surface area contributed by atoms with Crippen molar-refractivity contribution in [3.05, 3.63) is 48.2 Å². The summed E-state index contributed by atoms with van der Waals surface area (Å²) in [7, 11) is 0. The van der Waals surface area contributed by atoms with Crippen molar-refractivity contribution in [2.24, 2.45) is 0 Å². The number of carboxylic acids is 2. The summed E-state index contributed by atoms with van der Waals surface area (Å²) >= 11 is 0. The Morgan fingerprint density at radius 2 is 2.09 bits per heavy atom. The summed E-state index contributed by atoms with van der Waals surface area (Å²) in [5.74, 6) is -1.93. The SMILES string of the molecule is C=C/C=C(\C=C/C)c1cc(C(=O)O)c(NCCCC(=O)O)nn1. The van der Waals surface area contributed by atoms with E-state index in [1.807, 2.05) is 6.92 Å². The van der Waals surface area contributed by atoms with E-state index in [0.717, 1.165) is 0 Å². The number of allylic oxidation sites excluding steroid dienone is 5. The van der Waals surface area contributed by atoms with Gasteiger partial charge in [0.15, 0.2) is 5.82 Å². The van der Waals surface area contributed by atoms with Gasteiger partial charge in [0.2, 0.25) is 0 Å². The summed E-state index contributed by atoms with van der Waals surface area (Å²) in [6.07, 6.45) is 7.21. The van der Waals surface area contributed by atoms with Crippen molar-refractivity contribution in [3.8, 4) is 0 Å². The molecule has 0 aliphatic carbocycles. The fourth-order valence-corrected chi connectivity index (χ4v) is 1.81. The molecule has 0 saturated heterocycles. The third kappa shape index (κ3) is 5.74. The van der Waals surface area contributed by atoms with Crippen molar-refractivity contribution in [1.29, 1.82) is 0 Å². The molecular weight excluding hydrogens is 298 g/mol. The van der Waals surface area contributed by atoms with Crippen LogP contribution in [-0.2, 0) is 4.79 Å². The van der Waals surface area contributed by atoms with Crippen LogP contribution in [0.3, 0.4) is 0 Å². The highest BCUT2D eigenvalue weighted by Gasteiger charge is 2.14. The molecule has 0 aliphatic heterocycles. The number of nitrogens with zero attached hydrogens (tertiary/aromatic N) is 2. The second-order valence-electron chi connectivity index (χ2n) is 4.58. The van der Waals surface area contributed by atoms with Crippen LogP contribution in [0.15, 0.2) is 36.9 Å². The van der Waals surface area contributed by atoms with Gasteiger partial charge >= 0.3 is 11.9 Å². The standard InChI is InChI=1S/C16H19N3O4/c1-3-6-11(7-4-2)13-10-12(16(22)23)15(19-18-13)17-9-5-8-14(20)21/h3-4,6-7,10H,1,5,8-9H2,2H3,(H,17,19)(H,20,21)(H,22,23)/b7-4-,11-6+. The van der Waals surface area contributed by atoms with E-state index in [0.29, 0.717) is 24.2 Å². The summed E-state index contributed by atoms with van der Waals surface area (Å²) < 4.78 is 0. The molecule has 0 radical (unpaired) electrons. The van der Waals surface area contributed by atoms with Crippen LogP contribution >= 0.6 is 0 Å². The Morgan fingerprint density at radius 3 is 2.65 bits per heavy atom. The molecule has 0 amide bonds. The molecule has 23 heavy (non-hydrogen) atoms. The maximum Gasteiger partial charge on any atom is 0.339 e. The molecule has 0 unspecified atom stereocenters. The van der Waals surface area contributed by atoms with E-state index in [4.69, 9.17) is 5.11 Å². The maximum atomic E-state index is 11.4. The van der Waals surface area contributed by atoms with Crippen LogP contribution in [0.5, 0.6) is 0 Å². The van der Waals surface area contributed by atoms with Gasteiger partial charge in [0, 0.05) is 18.5 Å². The Kier molecular flexibility index (Phi) is 7.19. The number of carboxylic acid groups (broad SMARTS) is 2. The van der Waals surface area contributed by atoms with Gasteiger partial charge in [-0.05, 0) is 19.4 Å². The summed E-state index contributed by atoms with van der Waals surface area (Å²) in [4.78, 5) is 21.9. The van der Waals surface area contributed by atoms with Crippen molar-refractivity contribution in [3.63, 3.8) is 0 Å². The monoisotopic (exact) mass is 317 g/mol. The minimum Gasteiger partial charge on any atom is -0.481 e. The first-order chi connectivity index (χ1) is 11.0. The predicted octanol–water partition coefficient (Wildman–Crippen LogP) is 2.60. The summed E-state index contributed by atoms with van der Waals surface area (Å²) in [5, 5.41) is 28.6. The zero-order chi connectivity index (χ0) is 17.2. The van der Waals surface area contributed by atoms with E-state index < -0.39 is 11.9 Å². The van der Waals surface area contributed by atoms with Gasteiger partial charge in [-0.3, -0.25) is 4.79 Å². The van der Waals surface area contributed by atoms with Crippen molar-refractivity contribution in [2.75, 3.05) is 11.9 Å². The molecule has 3 N–H and O–H groups in total. The van der Waals surface area contributed by atoms with Crippen molar-refractivity contribution in [1.82, 2.24) is 10.2 Å². The minimum absolute atomic E-state index is 0.00552. The summed E-state index contributed by atoms with van der Waals surface area (Å²) in [5.41, 5.74) is 1.08. The molecule has 1 heterocycles. The van der Waals surface area contributed by atoms with Gasteiger partial charge in [-0.15, -0.1) is 10.2 Å². The van der Waals surface area contributed by atoms with E-state index >= 15 is 0 Å². The lowest BCUT2D eigenvalue weighted by atomic mass is 10.1. The number of nitrogens with one attached hydrogen (secondary N) is 1. The largest absolute Gasteiger partial charge is 0.481 e. The molecule has 7 nitrogen and oxygen atoms in total. The van der Waals surface area contributed by atoms with E-state index in [9.17, 15) is 14.7 Å². The predicted molar refractivity (Wildman–Crippen MR) is 87.3 cm³/mol. The lowest BCUT2D eigenvalue weighted by Crippen LogP contribution is -2.12. The van der Waals surface area contributed by atoms with Crippen LogP contribution in [0, 0.1) is 0 Å². The van der Waals surface area contributed by atoms with E-state index in [-0.39, 0.29) is 17.8 Å².